The first kappa shape index (κ1) is 17.4. The van der Waals surface area contributed by atoms with Crippen LogP contribution in [-0.2, 0) is 0 Å². The number of benzene rings is 1. The molecule has 0 aliphatic carbocycles. The predicted octanol–water partition coefficient (Wildman–Crippen LogP) is 2.05. The van der Waals surface area contributed by atoms with Crippen LogP contribution in [0.1, 0.15) is 29.3 Å². The van der Waals surface area contributed by atoms with E-state index in [1.807, 2.05) is 0 Å². The molecule has 6 nitrogen and oxygen atoms in total. The van der Waals surface area contributed by atoms with Crippen LogP contribution in [0.4, 0.5) is 5.69 Å². The highest BCUT2D eigenvalue weighted by atomic mass is 35.5. The van der Waals surface area contributed by atoms with Crippen LogP contribution in [0.15, 0.2) is 18.2 Å². The van der Waals surface area contributed by atoms with E-state index in [0.29, 0.717) is 17.0 Å². The van der Waals surface area contributed by atoms with E-state index in [2.05, 4.69) is 17.6 Å². The Balaban J connectivity index is 0.00000220. The molecular formula is C14H20ClN3O3. The molecule has 0 saturated carbocycles. The smallest absolute Gasteiger partial charge is 0.270 e. The van der Waals surface area contributed by atoms with Crippen molar-refractivity contribution in [2.24, 2.45) is 5.92 Å². The molecule has 1 fully saturated rings. The molecule has 1 aromatic carbocycles. The summed E-state index contributed by atoms with van der Waals surface area (Å²) in [6, 6.07) is 4.52. The molecular weight excluding hydrogens is 294 g/mol. The number of nitrogens with one attached hydrogen (secondary N) is 2. The van der Waals surface area contributed by atoms with Gasteiger partial charge in [0, 0.05) is 30.3 Å². The van der Waals surface area contributed by atoms with Gasteiger partial charge in [-0.3, -0.25) is 14.9 Å². The van der Waals surface area contributed by atoms with E-state index in [1.54, 1.807) is 13.0 Å². The van der Waals surface area contributed by atoms with Gasteiger partial charge in [-0.25, -0.2) is 0 Å². The minimum absolute atomic E-state index is 0. The molecule has 116 valence electrons. The van der Waals surface area contributed by atoms with Crippen LogP contribution >= 0.6 is 12.4 Å². The first-order valence-corrected chi connectivity index (χ1v) is 6.75. The van der Waals surface area contributed by atoms with Gasteiger partial charge in [-0.15, -0.1) is 12.4 Å². The van der Waals surface area contributed by atoms with Crippen molar-refractivity contribution in [3.05, 3.63) is 39.4 Å². The van der Waals surface area contributed by atoms with Crippen molar-refractivity contribution in [1.82, 2.24) is 10.6 Å². The Kier molecular flexibility index (Phi) is 6.11. The molecule has 1 aromatic rings. The van der Waals surface area contributed by atoms with Crippen molar-refractivity contribution in [2.45, 2.75) is 26.3 Å². The number of nitro benzene ring substituents is 1. The topological polar surface area (TPSA) is 84.3 Å². The third-order valence-corrected chi connectivity index (χ3v) is 3.68. The predicted molar refractivity (Wildman–Crippen MR) is 83.0 cm³/mol. The van der Waals surface area contributed by atoms with Crippen molar-refractivity contribution in [1.29, 1.82) is 0 Å². The Morgan fingerprint density at radius 2 is 2.14 bits per heavy atom. The highest BCUT2D eigenvalue weighted by molar-refractivity contribution is 5.95. The number of carbonyl (C=O) groups is 1. The fraction of sp³-hybridized carbons (Fsp3) is 0.500. The molecule has 2 N–H and O–H groups in total. The highest BCUT2D eigenvalue weighted by Crippen LogP contribution is 2.18. The van der Waals surface area contributed by atoms with E-state index < -0.39 is 4.92 Å². The summed E-state index contributed by atoms with van der Waals surface area (Å²) in [5, 5.41) is 17.0. The van der Waals surface area contributed by atoms with Crippen LogP contribution in [0.5, 0.6) is 0 Å². The molecule has 1 aliphatic rings. The molecule has 2 unspecified atom stereocenters. The quantitative estimate of drug-likeness (QED) is 0.661. The third-order valence-electron chi connectivity index (χ3n) is 3.68. The lowest BCUT2D eigenvalue weighted by atomic mass is 9.94. The molecule has 1 heterocycles. The molecule has 1 saturated heterocycles. The zero-order chi connectivity index (χ0) is 14.7. The number of rotatable bonds is 3. The van der Waals surface area contributed by atoms with Crippen molar-refractivity contribution >= 4 is 24.0 Å². The standard InChI is InChI=1S/C14H19N3O3.ClH/c1-9-5-11(7-12(6-9)17(19)20)14(18)16-13-8-15-4-3-10(13)2;/h5-7,10,13,15H,3-4,8H2,1-2H3,(H,16,18);1H. The van der Waals surface area contributed by atoms with E-state index in [0.717, 1.165) is 19.5 Å². The lowest BCUT2D eigenvalue weighted by Gasteiger charge is -2.30. The largest absolute Gasteiger partial charge is 0.348 e. The summed E-state index contributed by atoms with van der Waals surface area (Å²) in [4.78, 5) is 22.6. The second-order valence-corrected chi connectivity index (χ2v) is 5.36. The summed E-state index contributed by atoms with van der Waals surface area (Å²) >= 11 is 0. The first-order chi connectivity index (χ1) is 9.47. The zero-order valence-electron chi connectivity index (χ0n) is 12.1. The molecule has 2 atom stereocenters. The van der Waals surface area contributed by atoms with Crippen molar-refractivity contribution in [2.75, 3.05) is 13.1 Å². The average Bonchev–Trinajstić information content (AvgIpc) is 2.40. The van der Waals surface area contributed by atoms with Gasteiger partial charge in [0.1, 0.15) is 0 Å². The zero-order valence-corrected chi connectivity index (χ0v) is 12.9. The minimum Gasteiger partial charge on any atom is -0.348 e. The second-order valence-electron chi connectivity index (χ2n) is 5.36. The molecule has 0 radical (unpaired) electrons. The number of amides is 1. The van der Waals surface area contributed by atoms with Gasteiger partial charge in [0.2, 0.25) is 0 Å². The van der Waals surface area contributed by atoms with Gasteiger partial charge in [0.05, 0.1) is 4.92 Å². The maximum absolute atomic E-state index is 12.2. The van der Waals surface area contributed by atoms with E-state index in [4.69, 9.17) is 0 Å². The molecule has 2 rings (SSSR count). The molecule has 7 heteroatoms. The number of aryl methyl sites for hydroxylation is 1. The second kappa shape index (κ2) is 7.38. The van der Waals surface area contributed by atoms with Gasteiger partial charge in [-0.2, -0.15) is 0 Å². The Labute approximate surface area is 129 Å². The number of halogens is 1. The summed E-state index contributed by atoms with van der Waals surface area (Å²) in [5.74, 6) is 0.150. The normalized spacial score (nSPS) is 21.2. The van der Waals surface area contributed by atoms with Crippen LogP contribution in [0.25, 0.3) is 0 Å². The Hall–Kier alpha value is -1.66. The van der Waals surface area contributed by atoms with Gasteiger partial charge in [-0.1, -0.05) is 6.92 Å². The monoisotopic (exact) mass is 313 g/mol. The number of non-ortho nitro benzene ring substituents is 1. The molecule has 1 aliphatic heterocycles. The van der Waals surface area contributed by atoms with Crippen molar-refractivity contribution < 1.29 is 9.72 Å². The maximum Gasteiger partial charge on any atom is 0.270 e. The Bertz CT molecular complexity index is 536. The van der Waals surface area contributed by atoms with Crippen LogP contribution in [0.3, 0.4) is 0 Å². The van der Waals surface area contributed by atoms with Crippen LogP contribution in [0.2, 0.25) is 0 Å². The van der Waals surface area contributed by atoms with Crippen LogP contribution < -0.4 is 10.6 Å². The van der Waals surface area contributed by atoms with Gasteiger partial charge in [0.25, 0.3) is 11.6 Å². The lowest BCUT2D eigenvalue weighted by molar-refractivity contribution is -0.384. The Morgan fingerprint density at radius 1 is 1.43 bits per heavy atom. The number of nitro groups is 1. The number of nitrogens with zero attached hydrogens (tertiary/aromatic N) is 1. The number of hydrogen-bond acceptors (Lipinski definition) is 4. The summed E-state index contributed by atoms with van der Waals surface area (Å²) in [5.41, 5.74) is 0.999. The SMILES string of the molecule is Cc1cc(C(=O)NC2CNCCC2C)cc([N+](=O)[O-])c1.Cl. The maximum atomic E-state index is 12.2. The van der Waals surface area contributed by atoms with Gasteiger partial charge in [-0.05, 0) is 37.4 Å². The number of carbonyl (C=O) groups excluding carboxylic acids is 1. The third kappa shape index (κ3) is 4.41. The lowest BCUT2D eigenvalue weighted by Crippen LogP contribution is -2.50. The molecule has 0 aromatic heterocycles. The van der Waals surface area contributed by atoms with Gasteiger partial charge >= 0.3 is 0 Å². The van der Waals surface area contributed by atoms with E-state index in [-0.39, 0.29) is 30.0 Å². The van der Waals surface area contributed by atoms with Crippen LogP contribution in [-0.4, -0.2) is 30.0 Å². The molecule has 21 heavy (non-hydrogen) atoms. The number of hydrogen-bond donors (Lipinski definition) is 2. The van der Waals surface area contributed by atoms with Gasteiger partial charge < -0.3 is 10.6 Å². The van der Waals surface area contributed by atoms with E-state index in [1.165, 1.54) is 12.1 Å². The first-order valence-electron chi connectivity index (χ1n) is 6.75. The summed E-state index contributed by atoms with van der Waals surface area (Å²) < 4.78 is 0. The molecule has 0 spiro atoms. The van der Waals surface area contributed by atoms with E-state index in [9.17, 15) is 14.9 Å². The Morgan fingerprint density at radius 3 is 2.76 bits per heavy atom. The molecule has 0 bridgehead atoms. The molecule has 1 amide bonds. The minimum atomic E-state index is -0.478. The number of piperidine rings is 1. The summed E-state index contributed by atoms with van der Waals surface area (Å²) in [6.45, 7) is 5.54. The summed E-state index contributed by atoms with van der Waals surface area (Å²) in [6.07, 6.45) is 1.01. The highest BCUT2D eigenvalue weighted by Gasteiger charge is 2.23. The van der Waals surface area contributed by atoms with Crippen molar-refractivity contribution in [3.63, 3.8) is 0 Å². The van der Waals surface area contributed by atoms with Gasteiger partial charge in [0.15, 0.2) is 0 Å². The fourth-order valence-corrected chi connectivity index (χ4v) is 2.43. The summed E-state index contributed by atoms with van der Waals surface area (Å²) in [7, 11) is 0. The van der Waals surface area contributed by atoms with Crippen molar-refractivity contribution in [3.8, 4) is 0 Å². The van der Waals surface area contributed by atoms with Crippen LogP contribution in [0, 0.1) is 23.0 Å². The average molecular weight is 314 g/mol. The fourth-order valence-electron chi connectivity index (χ4n) is 2.43. The van der Waals surface area contributed by atoms with E-state index >= 15 is 0 Å².